The number of hydrogen-bond donors (Lipinski definition) is 0. The summed E-state index contributed by atoms with van der Waals surface area (Å²) in [5, 5.41) is 0. The molecule has 11 nitrogen and oxygen atoms in total. The molecule has 10 atom stereocenters. The quantitative estimate of drug-likeness (QED) is 0.122. The van der Waals surface area contributed by atoms with Crippen LogP contribution in [-0.2, 0) is 43.0 Å². The highest BCUT2D eigenvalue weighted by atomic mass is 32.2. The summed E-state index contributed by atoms with van der Waals surface area (Å²) in [6.45, 7) is 25.1. The molecule has 0 radical (unpaired) electrons. The molecule has 0 bridgehead atoms. The number of carbonyl (C=O) groups is 1. The smallest absolute Gasteiger partial charge is 0.412 e. The summed E-state index contributed by atoms with van der Waals surface area (Å²) in [5.41, 5.74) is 0.495. The second-order valence-electron chi connectivity index (χ2n) is 17.2. The summed E-state index contributed by atoms with van der Waals surface area (Å²) in [5.74, 6) is -0.457. The normalized spacial score (nSPS) is 32.4. The van der Waals surface area contributed by atoms with E-state index in [9.17, 15) is 13.2 Å². The van der Waals surface area contributed by atoms with Crippen molar-refractivity contribution < 1.29 is 46.4 Å². The second-order valence-corrected chi connectivity index (χ2v) is 19.3. The predicted molar refractivity (Wildman–Crippen MR) is 216 cm³/mol. The summed E-state index contributed by atoms with van der Waals surface area (Å²) in [7, 11) is -2.10. The van der Waals surface area contributed by atoms with Gasteiger partial charge < -0.3 is 33.2 Å². The SMILES string of the molecule is C=CCOC/C=C/[C@H]1CC(=C)[C@H](CC[C@H]2C[C@@H](C)C(=C)[C@@H](C[C@@H]3O[C@H](C[C@H]4CN(C(=O)OC(C)(C)C)C(C)(C)O4)[C@H](OC)[C@H]3CS(=O)(=O)c3ccccc3)O2)O1. The highest BCUT2D eigenvalue weighted by Crippen LogP contribution is 2.42. The third-order valence-electron chi connectivity index (χ3n) is 11.3. The van der Waals surface area contributed by atoms with Crippen molar-refractivity contribution in [2.24, 2.45) is 11.8 Å². The molecule has 1 aromatic rings. The summed E-state index contributed by atoms with van der Waals surface area (Å²) in [6.07, 6.45) is 6.94. The Bertz CT molecular complexity index is 1650. The van der Waals surface area contributed by atoms with Crippen LogP contribution >= 0.6 is 0 Å². The number of benzene rings is 1. The number of carbonyl (C=O) groups excluding carboxylic acids is 1. The molecule has 1 amide bonds. The lowest BCUT2D eigenvalue weighted by Gasteiger charge is -2.38. The zero-order valence-corrected chi connectivity index (χ0v) is 35.3. The van der Waals surface area contributed by atoms with E-state index in [1.54, 1.807) is 48.4 Å². The highest BCUT2D eigenvalue weighted by molar-refractivity contribution is 7.91. The lowest BCUT2D eigenvalue weighted by molar-refractivity contribution is -0.0992. The van der Waals surface area contributed by atoms with Crippen molar-refractivity contribution >= 4 is 15.9 Å². The molecule has 0 unspecified atom stereocenters. The van der Waals surface area contributed by atoms with Gasteiger partial charge in [-0.2, -0.15) is 0 Å². The van der Waals surface area contributed by atoms with E-state index in [0.29, 0.717) is 32.6 Å². The van der Waals surface area contributed by atoms with Crippen molar-refractivity contribution in [3.05, 3.63) is 79.4 Å². The van der Waals surface area contributed by atoms with Crippen LogP contribution in [0.15, 0.2) is 84.3 Å². The van der Waals surface area contributed by atoms with Gasteiger partial charge in [0, 0.05) is 32.3 Å². The lowest BCUT2D eigenvalue weighted by Crippen LogP contribution is -2.46. The molecule has 5 rings (SSSR count). The van der Waals surface area contributed by atoms with Crippen molar-refractivity contribution in [2.75, 3.05) is 32.6 Å². The molecule has 0 aliphatic carbocycles. The summed E-state index contributed by atoms with van der Waals surface area (Å²) in [6, 6.07) is 8.50. The molecule has 4 aliphatic rings. The fourth-order valence-corrected chi connectivity index (χ4v) is 10.2. The standard InChI is InChI=1S/C44H65NO10S/c1-11-21-50-22-15-16-32-24-30(3)37(51-32)20-19-33-23-29(2)31(4)38(52-33)26-39-36(28-56(47,48)35-17-13-12-14-18-35)41(49-10)40(53-39)25-34-27-45(44(8,9)54-34)42(46)55-43(5,6)7/h11-18,29,32-34,36-41H,1,3-4,19-28H2,2,5-10H3/b16-15+/t29-,32+,33+,34+,36+,37+,38-,39+,40-,41-/m1/s1. The van der Waals surface area contributed by atoms with Gasteiger partial charge in [-0.25, -0.2) is 13.2 Å². The summed E-state index contributed by atoms with van der Waals surface area (Å²) in [4.78, 5) is 15.0. The molecule has 4 aliphatic heterocycles. The Hall–Kier alpha value is -2.84. The van der Waals surface area contributed by atoms with E-state index in [1.807, 2.05) is 46.8 Å². The van der Waals surface area contributed by atoms with Crippen molar-refractivity contribution in [2.45, 2.75) is 145 Å². The molecule has 12 heteroatoms. The van der Waals surface area contributed by atoms with Crippen LogP contribution in [0.5, 0.6) is 0 Å². The van der Waals surface area contributed by atoms with E-state index in [0.717, 1.165) is 36.8 Å². The zero-order valence-electron chi connectivity index (χ0n) is 34.5. The van der Waals surface area contributed by atoms with Gasteiger partial charge in [-0.1, -0.05) is 56.5 Å². The van der Waals surface area contributed by atoms with E-state index in [-0.39, 0.29) is 47.1 Å². The first-order valence-electron chi connectivity index (χ1n) is 20.1. The van der Waals surface area contributed by atoms with E-state index in [1.165, 1.54) is 0 Å². The first kappa shape index (κ1) is 44.3. The fourth-order valence-electron chi connectivity index (χ4n) is 8.48. The number of hydrogen-bond acceptors (Lipinski definition) is 10. The number of methoxy groups -OCH3 is 1. The van der Waals surface area contributed by atoms with Crippen LogP contribution in [-0.4, -0.2) is 112 Å². The molecule has 0 spiro atoms. The number of amides is 1. The molecule has 4 heterocycles. The minimum absolute atomic E-state index is 0.0232. The third-order valence-corrected chi connectivity index (χ3v) is 13.1. The van der Waals surface area contributed by atoms with Gasteiger partial charge in [0.25, 0.3) is 0 Å². The molecular formula is C44H65NO10S. The Labute approximate surface area is 335 Å². The average Bonchev–Trinajstić information content (AvgIpc) is 3.75. The number of sulfone groups is 1. The van der Waals surface area contributed by atoms with E-state index in [2.05, 4.69) is 26.7 Å². The average molecular weight is 800 g/mol. The van der Waals surface area contributed by atoms with Crippen LogP contribution in [0.2, 0.25) is 0 Å². The molecule has 4 fully saturated rings. The van der Waals surface area contributed by atoms with Gasteiger partial charge >= 0.3 is 6.09 Å². The van der Waals surface area contributed by atoms with Gasteiger partial charge in [-0.3, -0.25) is 4.90 Å². The number of ether oxygens (including phenoxy) is 7. The minimum atomic E-state index is -3.70. The second kappa shape index (κ2) is 18.8. The monoisotopic (exact) mass is 799 g/mol. The predicted octanol–water partition coefficient (Wildman–Crippen LogP) is 7.61. The number of nitrogens with zero attached hydrogens (tertiary/aromatic N) is 1. The molecule has 1 aromatic carbocycles. The molecule has 56 heavy (non-hydrogen) atoms. The van der Waals surface area contributed by atoms with Crippen LogP contribution in [0.25, 0.3) is 0 Å². The zero-order chi connectivity index (χ0) is 40.8. The summed E-state index contributed by atoms with van der Waals surface area (Å²) >= 11 is 0. The van der Waals surface area contributed by atoms with Gasteiger partial charge in [-0.15, -0.1) is 6.58 Å². The minimum Gasteiger partial charge on any atom is -0.444 e. The van der Waals surface area contributed by atoms with Crippen LogP contribution in [0.3, 0.4) is 0 Å². The maximum absolute atomic E-state index is 13.9. The van der Waals surface area contributed by atoms with E-state index in [4.69, 9.17) is 33.2 Å². The Morgan fingerprint density at radius 1 is 1.00 bits per heavy atom. The van der Waals surface area contributed by atoms with Gasteiger partial charge in [0.2, 0.25) is 0 Å². The van der Waals surface area contributed by atoms with Gasteiger partial charge in [0.05, 0.1) is 79.2 Å². The molecule has 0 N–H and O–H groups in total. The Morgan fingerprint density at radius 2 is 1.73 bits per heavy atom. The first-order chi connectivity index (χ1) is 26.4. The van der Waals surface area contributed by atoms with Crippen molar-refractivity contribution in [3.8, 4) is 0 Å². The van der Waals surface area contributed by atoms with Crippen LogP contribution in [0.1, 0.15) is 80.1 Å². The van der Waals surface area contributed by atoms with E-state index >= 15 is 0 Å². The van der Waals surface area contributed by atoms with Crippen molar-refractivity contribution in [1.82, 2.24) is 4.90 Å². The van der Waals surface area contributed by atoms with E-state index < -0.39 is 51.5 Å². The molecular weight excluding hydrogens is 735 g/mol. The van der Waals surface area contributed by atoms with Crippen molar-refractivity contribution in [3.63, 3.8) is 0 Å². The lowest BCUT2D eigenvalue weighted by atomic mass is 9.83. The topological polar surface area (TPSA) is 119 Å². The van der Waals surface area contributed by atoms with Crippen LogP contribution in [0.4, 0.5) is 4.79 Å². The summed E-state index contributed by atoms with van der Waals surface area (Å²) < 4.78 is 71.4. The third kappa shape index (κ3) is 11.4. The first-order valence-corrected chi connectivity index (χ1v) is 21.7. The Balaban J connectivity index is 1.29. The Kier molecular flexibility index (Phi) is 14.9. The van der Waals surface area contributed by atoms with Gasteiger partial charge in [0.1, 0.15) is 11.3 Å². The largest absolute Gasteiger partial charge is 0.444 e. The van der Waals surface area contributed by atoms with Gasteiger partial charge in [-0.05, 0) is 83.1 Å². The maximum atomic E-state index is 13.9. The Morgan fingerprint density at radius 3 is 2.41 bits per heavy atom. The van der Waals surface area contributed by atoms with Crippen molar-refractivity contribution in [1.29, 1.82) is 0 Å². The van der Waals surface area contributed by atoms with Gasteiger partial charge in [0.15, 0.2) is 9.84 Å². The number of rotatable bonds is 16. The van der Waals surface area contributed by atoms with Crippen LogP contribution in [0, 0.1) is 11.8 Å². The molecule has 4 saturated heterocycles. The maximum Gasteiger partial charge on any atom is 0.412 e. The highest BCUT2D eigenvalue weighted by Gasteiger charge is 2.51. The molecule has 312 valence electrons. The molecule has 0 saturated carbocycles. The molecule has 0 aromatic heterocycles. The fraction of sp³-hybridized carbons (Fsp3) is 0.659. The van der Waals surface area contributed by atoms with Crippen LogP contribution < -0.4 is 0 Å².